The number of rotatable bonds is 5. The number of nitro groups is 1. The molecule has 3 aliphatic rings. The Morgan fingerprint density at radius 3 is 2.64 bits per heavy atom. The second-order valence-electron chi connectivity index (χ2n) is 7.55. The molecule has 5 atom stereocenters. The molecule has 2 N–H and O–H groups in total. The predicted octanol–water partition coefficient (Wildman–Crippen LogP) is 2.74. The topological polar surface area (TPSA) is 101 Å². The lowest BCUT2D eigenvalue weighted by Crippen LogP contribution is -2.34. The van der Waals surface area contributed by atoms with Crippen molar-refractivity contribution < 1.29 is 13.3 Å². The Morgan fingerprint density at radius 1 is 1.16 bits per heavy atom. The molecule has 3 saturated carbocycles. The highest BCUT2D eigenvalue weighted by Gasteiger charge is 2.53. The third kappa shape index (κ3) is 2.71. The highest BCUT2D eigenvalue weighted by Crippen LogP contribution is 2.59. The van der Waals surface area contributed by atoms with E-state index in [4.69, 9.17) is 0 Å². The lowest BCUT2D eigenvalue weighted by atomic mass is 9.79. The first-order valence-electron chi connectivity index (χ1n) is 8.89. The average Bonchev–Trinajstić information content (AvgIpc) is 3.27. The molecule has 8 heteroatoms. The van der Waals surface area contributed by atoms with Crippen molar-refractivity contribution in [2.24, 2.45) is 23.7 Å². The number of fused-ring (bicyclic) bond motifs is 5. The van der Waals surface area contributed by atoms with Crippen molar-refractivity contribution in [3.05, 3.63) is 28.3 Å². The number of hydrogen-bond donors (Lipinski definition) is 2. The van der Waals surface area contributed by atoms with Crippen molar-refractivity contribution in [3.63, 3.8) is 0 Å². The maximum absolute atomic E-state index is 11.9. The van der Waals surface area contributed by atoms with Crippen molar-refractivity contribution >= 4 is 21.4 Å². The van der Waals surface area contributed by atoms with E-state index < -0.39 is 14.9 Å². The molecule has 0 aliphatic heterocycles. The van der Waals surface area contributed by atoms with E-state index in [1.165, 1.54) is 44.9 Å². The predicted molar refractivity (Wildman–Crippen MR) is 93.8 cm³/mol. The number of hydrogen-bond acceptors (Lipinski definition) is 5. The first kappa shape index (κ1) is 16.8. The third-order valence-electron chi connectivity index (χ3n) is 6.51. The van der Waals surface area contributed by atoms with Gasteiger partial charge in [0.15, 0.2) is 0 Å². The van der Waals surface area contributed by atoms with Gasteiger partial charge in [0, 0.05) is 12.1 Å². The molecule has 0 unspecified atom stereocenters. The van der Waals surface area contributed by atoms with Crippen molar-refractivity contribution in [3.8, 4) is 0 Å². The molecule has 25 heavy (non-hydrogen) atoms. The van der Waals surface area contributed by atoms with Crippen LogP contribution in [-0.2, 0) is 10.0 Å². The SMILES string of the molecule is CNS(=O)(=O)c1ccc(N[C@@H]2C[C@H]3C[C@H]2[C@H]2CCC[C@H]32)c([N+](=O)[O-])c1. The number of nitrogens with one attached hydrogen (secondary N) is 2. The maximum atomic E-state index is 11.9. The van der Waals surface area contributed by atoms with Gasteiger partial charge in [0.25, 0.3) is 5.69 Å². The first-order valence-corrected chi connectivity index (χ1v) is 10.4. The van der Waals surface area contributed by atoms with E-state index in [2.05, 4.69) is 10.0 Å². The minimum absolute atomic E-state index is 0.0870. The summed E-state index contributed by atoms with van der Waals surface area (Å²) in [4.78, 5) is 10.9. The molecule has 136 valence electrons. The minimum Gasteiger partial charge on any atom is -0.376 e. The van der Waals surface area contributed by atoms with E-state index in [1.54, 1.807) is 0 Å². The van der Waals surface area contributed by atoms with Gasteiger partial charge in [-0.3, -0.25) is 10.1 Å². The van der Waals surface area contributed by atoms with Crippen LogP contribution in [0, 0.1) is 33.8 Å². The molecular weight excluding hydrogens is 342 g/mol. The van der Waals surface area contributed by atoms with Crippen LogP contribution in [0.15, 0.2) is 23.1 Å². The van der Waals surface area contributed by atoms with Gasteiger partial charge in [0.2, 0.25) is 10.0 Å². The fourth-order valence-electron chi connectivity index (χ4n) is 5.50. The summed E-state index contributed by atoms with van der Waals surface area (Å²) in [5.41, 5.74) is 0.245. The molecule has 3 fully saturated rings. The zero-order valence-electron chi connectivity index (χ0n) is 14.1. The number of benzene rings is 1. The maximum Gasteiger partial charge on any atom is 0.293 e. The summed E-state index contributed by atoms with van der Waals surface area (Å²) >= 11 is 0. The van der Waals surface area contributed by atoms with Gasteiger partial charge in [0.1, 0.15) is 5.69 Å². The molecule has 4 rings (SSSR count). The highest BCUT2D eigenvalue weighted by molar-refractivity contribution is 7.89. The van der Waals surface area contributed by atoms with Crippen molar-refractivity contribution in [1.82, 2.24) is 4.72 Å². The molecule has 1 aromatic rings. The molecule has 0 amide bonds. The molecule has 2 bridgehead atoms. The third-order valence-corrected chi connectivity index (χ3v) is 7.93. The summed E-state index contributed by atoms with van der Waals surface area (Å²) in [5, 5.41) is 14.8. The van der Waals surface area contributed by atoms with Gasteiger partial charge in [-0.05, 0) is 68.5 Å². The van der Waals surface area contributed by atoms with Crippen LogP contribution in [0.4, 0.5) is 11.4 Å². The summed E-state index contributed by atoms with van der Waals surface area (Å²) < 4.78 is 26.0. The van der Waals surface area contributed by atoms with Gasteiger partial charge >= 0.3 is 0 Å². The first-order chi connectivity index (χ1) is 11.9. The number of nitrogens with zero attached hydrogens (tertiary/aromatic N) is 1. The highest BCUT2D eigenvalue weighted by atomic mass is 32.2. The van der Waals surface area contributed by atoms with Crippen molar-refractivity contribution in [1.29, 1.82) is 0 Å². The molecule has 3 aliphatic carbocycles. The Hall–Kier alpha value is -1.67. The van der Waals surface area contributed by atoms with Gasteiger partial charge < -0.3 is 5.32 Å². The molecule has 0 aromatic heterocycles. The summed E-state index contributed by atoms with van der Waals surface area (Å²) in [6, 6.07) is 4.35. The lowest BCUT2D eigenvalue weighted by molar-refractivity contribution is -0.384. The normalized spacial score (nSPS) is 33.4. The lowest BCUT2D eigenvalue weighted by Gasteiger charge is -2.32. The summed E-state index contributed by atoms with van der Waals surface area (Å²) in [7, 11) is -2.41. The van der Waals surface area contributed by atoms with Gasteiger partial charge in [0.05, 0.1) is 9.82 Å². The van der Waals surface area contributed by atoms with Crippen LogP contribution in [0.3, 0.4) is 0 Å². The molecule has 7 nitrogen and oxygen atoms in total. The van der Waals surface area contributed by atoms with Crippen LogP contribution in [0.25, 0.3) is 0 Å². The molecule has 0 spiro atoms. The largest absolute Gasteiger partial charge is 0.376 e. The summed E-state index contributed by atoms with van der Waals surface area (Å²) in [5.74, 6) is 2.97. The van der Waals surface area contributed by atoms with Crippen LogP contribution in [-0.4, -0.2) is 26.4 Å². The second kappa shape index (κ2) is 5.95. The smallest absolute Gasteiger partial charge is 0.293 e. The Bertz CT molecular complexity index is 810. The standard InChI is InChI=1S/C17H23N3O4S/c1-18-25(23,24)11-5-6-15(17(9-11)20(21)22)19-16-8-10-7-14(16)13-4-2-3-12(10)13/h5-6,9-10,12-14,16,18-19H,2-4,7-8H2,1H3/t10-,12-,13+,14+,16-/m1/s1. The van der Waals surface area contributed by atoms with E-state index >= 15 is 0 Å². The fourth-order valence-corrected chi connectivity index (χ4v) is 6.25. The Morgan fingerprint density at radius 2 is 1.92 bits per heavy atom. The van der Waals surface area contributed by atoms with Crippen molar-refractivity contribution in [2.75, 3.05) is 12.4 Å². The zero-order chi connectivity index (χ0) is 17.8. The van der Waals surface area contributed by atoms with Gasteiger partial charge in [-0.15, -0.1) is 0 Å². The molecule has 0 radical (unpaired) electrons. The van der Waals surface area contributed by atoms with Crippen LogP contribution in [0.2, 0.25) is 0 Å². The van der Waals surface area contributed by atoms with Crippen LogP contribution in [0.5, 0.6) is 0 Å². The number of nitro benzene ring substituents is 1. The second-order valence-corrected chi connectivity index (χ2v) is 9.43. The Kier molecular flexibility index (Phi) is 3.99. The minimum atomic E-state index is -3.70. The van der Waals surface area contributed by atoms with Gasteiger partial charge in [-0.2, -0.15) is 0 Å². The Balaban J connectivity index is 1.60. The molecule has 0 heterocycles. The van der Waals surface area contributed by atoms with E-state index in [9.17, 15) is 18.5 Å². The number of sulfonamides is 1. The van der Waals surface area contributed by atoms with Crippen LogP contribution >= 0.6 is 0 Å². The Labute approximate surface area is 147 Å². The molecule has 1 aromatic carbocycles. The van der Waals surface area contributed by atoms with Crippen molar-refractivity contribution in [2.45, 2.75) is 43.0 Å². The van der Waals surface area contributed by atoms with E-state index in [1.807, 2.05) is 0 Å². The zero-order valence-corrected chi connectivity index (χ0v) is 15.0. The fraction of sp³-hybridized carbons (Fsp3) is 0.647. The molecular formula is C17H23N3O4S. The summed E-state index contributed by atoms with van der Waals surface area (Å²) in [6.45, 7) is 0. The quantitative estimate of drug-likeness (QED) is 0.617. The van der Waals surface area contributed by atoms with E-state index in [0.29, 0.717) is 11.6 Å². The van der Waals surface area contributed by atoms with Gasteiger partial charge in [-0.25, -0.2) is 13.1 Å². The molecule has 0 saturated heterocycles. The number of anilines is 1. The van der Waals surface area contributed by atoms with Crippen LogP contribution < -0.4 is 10.0 Å². The average molecular weight is 365 g/mol. The van der Waals surface area contributed by atoms with Crippen LogP contribution in [0.1, 0.15) is 32.1 Å². The van der Waals surface area contributed by atoms with E-state index in [-0.39, 0.29) is 16.6 Å². The monoisotopic (exact) mass is 365 g/mol. The van der Waals surface area contributed by atoms with Gasteiger partial charge in [-0.1, -0.05) is 6.42 Å². The van der Waals surface area contributed by atoms with E-state index in [0.717, 1.165) is 30.2 Å². The summed E-state index contributed by atoms with van der Waals surface area (Å²) in [6.07, 6.45) is 6.24.